The predicted molar refractivity (Wildman–Crippen MR) is 127 cm³/mol. The number of aliphatic imine (C=N–C) groups is 1. The van der Waals surface area contributed by atoms with Gasteiger partial charge in [-0.3, -0.25) is 9.69 Å². The number of hydrogen-bond donors (Lipinski definition) is 2. The Kier molecular flexibility index (Phi) is 9.17. The molecular formula is C24H39N5O3. The Labute approximate surface area is 192 Å². The fourth-order valence-electron chi connectivity index (χ4n) is 4.10. The van der Waals surface area contributed by atoms with Gasteiger partial charge < -0.3 is 25.0 Å². The Morgan fingerprint density at radius 3 is 2.88 bits per heavy atom. The molecule has 1 aromatic carbocycles. The van der Waals surface area contributed by atoms with Gasteiger partial charge in [0.1, 0.15) is 11.9 Å². The molecule has 178 valence electrons. The Bertz CT molecular complexity index is 777. The number of nitrogens with one attached hydrogen (secondary N) is 2. The van der Waals surface area contributed by atoms with Crippen molar-refractivity contribution in [2.24, 2.45) is 4.99 Å². The largest absolute Gasteiger partial charge is 0.488 e. The number of guanidine groups is 1. The van der Waals surface area contributed by atoms with E-state index in [4.69, 9.17) is 14.5 Å². The number of benzene rings is 1. The molecular weight excluding hydrogens is 406 g/mol. The Morgan fingerprint density at radius 1 is 1.31 bits per heavy atom. The van der Waals surface area contributed by atoms with Crippen molar-refractivity contribution in [2.75, 3.05) is 53.5 Å². The van der Waals surface area contributed by atoms with Crippen LogP contribution in [0.15, 0.2) is 23.2 Å². The van der Waals surface area contributed by atoms with E-state index in [1.807, 2.05) is 0 Å². The number of likely N-dealkylation sites (N-methyl/N-ethyl adjacent to an activating group) is 2. The quantitative estimate of drug-likeness (QED) is 0.446. The zero-order valence-electron chi connectivity index (χ0n) is 20.0. The lowest BCUT2D eigenvalue weighted by Gasteiger charge is -2.24. The third kappa shape index (κ3) is 7.10. The van der Waals surface area contributed by atoms with E-state index in [9.17, 15) is 4.79 Å². The molecule has 0 radical (unpaired) electrons. The average Bonchev–Trinajstić information content (AvgIpc) is 3.45. The molecule has 2 N–H and O–H groups in total. The van der Waals surface area contributed by atoms with Gasteiger partial charge in [0.25, 0.3) is 0 Å². The number of rotatable bonds is 9. The summed E-state index contributed by atoms with van der Waals surface area (Å²) >= 11 is 0. The number of hydrogen-bond acceptors (Lipinski definition) is 5. The van der Waals surface area contributed by atoms with E-state index in [0.29, 0.717) is 25.2 Å². The van der Waals surface area contributed by atoms with Crippen molar-refractivity contribution in [2.45, 2.75) is 51.8 Å². The van der Waals surface area contributed by atoms with E-state index in [2.05, 4.69) is 47.6 Å². The van der Waals surface area contributed by atoms with Crippen LogP contribution in [-0.2, 0) is 16.1 Å². The lowest BCUT2D eigenvalue weighted by molar-refractivity contribution is -0.127. The minimum atomic E-state index is 0.0103. The molecule has 2 fully saturated rings. The average molecular weight is 446 g/mol. The molecule has 2 aliphatic heterocycles. The molecule has 0 aliphatic carbocycles. The van der Waals surface area contributed by atoms with Gasteiger partial charge in [0.15, 0.2) is 5.96 Å². The number of carbonyl (C=O) groups is 1. The molecule has 3 rings (SSSR count). The van der Waals surface area contributed by atoms with Gasteiger partial charge in [0.05, 0.1) is 26.3 Å². The standard InChI is InChI=1S/C24H39N5O3/c1-5-29-11-6-7-20(29)15-26-24(27-16-23(30)28(3)4)25-14-19-9-8-18(2)13-22(19)32-21-10-12-31-17-21/h8-9,13,20-21H,5-7,10-12,14-17H2,1-4H3,(H2,25,26,27). The van der Waals surface area contributed by atoms with E-state index in [1.165, 1.54) is 12.8 Å². The lowest BCUT2D eigenvalue weighted by atomic mass is 10.1. The molecule has 8 nitrogen and oxygen atoms in total. The molecule has 8 heteroatoms. The summed E-state index contributed by atoms with van der Waals surface area (Å²) in [5.74, 6) is 1.52. The number of amides is 1. The zero-order valence-corrected chi connectivity index (χ0v) is 20.0. The second-order valence-corrected chi connectivity index (χ2v) is 8.83. The number of ether oxygens (including phenoxy) is 2. The number of aryl methyl sites for hydroxylation is 1. The molecule has 1 aromatic rings. The lowest BCUT2D eigenvalue weighted by Crippen LogP contribution is -2.47. The highest BCUT2D eigenvalue weighted by Crippen LogP contribution is 2.24. The van der Waals surface area contributed by atoms with Gasteiger partial charge in [-0.05, 0) is 44.5 Å². The van der Waals surface area contributed by atoms with Crippen molar-refractivity contribution in [3.8, 4) is 5.75 Å². The maximum absolute atomic E-state index is 12.1. The van der Waals surface area contributed by atoms with Gasteiger partial charge >= 0.3 is 0 Å². The third-order valence-electron chi connectivity index (χ3n) is 6.13. The van der Waals surface area contributed by atoms with Crippen LogP contribution < -0.4 is 15.4 Å². The number of likely N-dealkylation sites (tertiary alicyclic amines) is 1. The van der Waals surface area contributed by atoms with Gasteiger partial charge in [-0.15, -0.1) is 0 Å². The first-order valence-electron chi connectivity index (χ1n) is 11.8. The van der Waals surface area contributed by atoms with Crippen molar-refractivity contribution in [3.05, 3.63) is 29.3 Å². The van der Waals surface area contributed by atoms with Crippen LogP contribution in [0.3, 0.4) is 0 Å². The fraction of sp³-hybridized carbons (Fsp3) is 0.667. The molecule has 0 aromatic heterocycles. The first kappa shape index (κ1) is 24.3. The Hall–Kier alpha value is -2.32. The first-order valence-corrected chi connectivity index (χ1v) is 11.8. The molecule has 0 spiro atoms. The van der Waals surface area contributed by atoms with Crippen LogP contribution in [0.4, 0.5) is 0 Å². The summed E-state index contributed by atoms with van der Waals surface area (Å²) in [6.07, 6.45) is 3.42. The van der Waals surface area contributed by atoms with E-state index < -0.39 is 0 Å². The molecule has 2 heterocycles. The van der Waals surface area contributed by atoms with E-state index >= 15 is 0 Å². The molecule has 0 bridgehead atoms. The smallest absolute Gasteiger partial charge is 0.241 e. The third-order valence-corrected chi connectivity index (χ3v) is 6.13. The van der Waals surface area contributed by atoms with Crippen molar-refractivity contribution in [1.29, 1.82) is 0 Å². The fourth-order valence-corrected chi connectivity index (χ4v) is 4.10. The van der Waals surface area contributed by atoms with Gasteiger partial charge in [0, 0.05) is 38.7 Å². The van der Waals surface area contributed by atoms with Crippen molar-refractivity contribution in [3.63, 3.8) is 0 Å². The number of nitrogens with zero attached hydrogens (tertiary/aromatic N) is 3. The second-order valence-electron chi connectivity index (χ2n) is 8.83. The summed E-state index contributed by atoms with van der Waals surface area (Å²) < 4.78 is 11.7. The van der Waals surface area contributed by atoms with E-state index in [-0.39, 0.29) is 18.6 Å². The maximum atomic E-state index is 12.1. The zero-order chi connectivity index (χ0) is 22.9. The molecule has 32 heavy (non-hydrogen) atoms. The van der Waals surface area contributed by atoms with Gasteiger partial charge in [0.2, 0.25) is 5.91 Å². The van der Waals surface area contributed by atoms with Crippen LogP contribution in [0.2, 0.25) is 0 Å². The van der Waals surface area contributed by atoms with E-state index in [0.717, 1.165) is 49.5 Å². The minimum Gasteiger partial charge on any atom is -0.488 e. The van der Waals surface area contributed by atoms with Crippen molar-refractivity contribution < 1.29 is 14.3 Å². The minimum absolute atomic E-state index is 0.0103. The monoisotopic (exact) mass is 445 g/mol. The van der Waals surface area contributed by atoms with Crippen LogP contribution in [-0.4, -0.2) is 87.3 Å². The molecule has 2 aliphatic rings. The van der Waals surface area contributed by atoms with Crippen molar-refractivity contribution in [1.82, 2.24) is 20.4 Å². The molecule has 0 saturated carbocycles. The second kappa shape index (κ2) is 12.1. The normalized spacial score (nSPS) is 21.6. The topological polar surface area (TPSA) is 78.4 Å². The van der Waals surface area contributed by atoms with Crippen molar-refractivity contribution >= 4 is 11.9 Å². The van der Waals surface area contributed by atoms with Crippen LogP contribution in [0.1, 0.15) is 37.3 Å². The Balaban J connectivity index is 1.68. The van der Waals surface area contributed by atoms with Crippen LogP contribution in [0.5, 0.6) is 5.75 Å². The summed E-state index contributed by atoms with van der Waals surface area (Å²) in [6.45, 7) is 9.34. The van der Waals surface area contributed by atoms with Crippen LogP contribution >= 0.6 is 0 Å². The van der Waals surface area contributed by atoms with Gasteiger partial charge in [-0.25, -0.2) is 4.99 Å². The highest BCUT2D eigenvalue weighted by Gasteiger charge is 2.23. The first-order chi connectivity index (χ1) is 15.5. The predicted octanol–water partition coefficient (Wildman–Crippen LogP) is 1.77. The Morgan fingerprint density at radius 2 is 2.16 bits per heavy atom. The number of carbonyl (C=O) groups excluding carboxylic acids is 1. The summed E-state index contributed by atoms with van der Waals surface area (Å²) in [5.41, 5.74) is 2.18. The highest BCUT2D eigenvalue weighted by molar-refractivity contribution is 5.86. The molecule has 1 amide bonds. The SMILES string of the molecule is CCN1CCCC1CNC(=NCc1ccc(C)cc1OC1CCOC1)NCC(=O)N(C)C. The summed E-state index contributed by atoms with van der Waals surface area (Å²) in [5, 5.41) is 6.66. The summed E-state index contributed by atoms with van der Waals surface area (Å²) in [4.78, 5) is 21.0. The summed E-state index contributed by atoms with van der Waals surface area (Å²) in [6, 6.07) is 6.72. The van der Waals surface area contributed by atoms with Crippen LogP contribution in [0.25, 0.3) is 0 Å². The van der Waals surface area contributed by atoms with Gasteiger partial charge in [-0.1, -0.05) is 19.1 Å². The van der Waals surface area contributed by atoms with Gasteiger partial charge in [-0.2, -0.15) is 0 Å². The van der Waals surface area contributed by atoms with E-state index in [1.54, 1.807) is 19.0 Å². The molecule has 2 saturated heterocycles. The maximum Gasteiger partial charge on any atom is 0.241 e. The summed E-state index contributed by atoms with van der Waals surface area (Å²) in [7, 11) is 3.52. The van der Waals surface area contributed by atoms with Crippen LogP contribution in [0, 0.1) is 6.92 Å². The highest BCUT2D eigenvalue weighted by atomic mass is 16.5. The molecule has 2 unspecified atom stereocenters. The molecule has 2 atom stereocenters.